The predicted molar refractivity (Wildman–Crippen MR) is 55.6 cm³/mol. The SMILES string of the molecule is N#Cc1nonc1SCc1cccc(=O)[nH]1. The van der Waals surface area contributed by atoms with Gasteiger partial charge in [-0.25, -0.2) is 4.63 Å². The third-order valence-corrected chi connectivity index (χ3v) is 2.75. The van der Waals surface area contributed by atoms with Crippen LogP contribution >= 0.6 is 11.8 Å². The van der Waals surface area contributed by atoms with Crippen molar-refractivity contribution in [3.8, 4) is 6.07 Å². The maximum Gasteiger partial charge on any atom is 0.248 e. The Bertz CT molecular complexity index is 583. The van der Waals surface area contributed by atoms with E-state index in [1.165, 1.54) is 17.8 Å². The maximum absolute atomic E-state index is 11.0. The lowest BCUT2D eigenvalue weighted by Gasteiger charge is -1.97. The van der Waals surface area contributed by atoms with Crippen LogP contribution in [0.2, 0.25) is 0 Å². The number of H-pyrrole nitrogens is 1. The van der Waals surface area contributed by atoms with Gasteiger partial charge >= 0.3 is 0 Å². The topological polar surface area (TPSA) is 95.6 Å². The van der Waals surface area contributed by atoms with Crippen LogP contribution in [0.25, 0.3) is 0 Å². The highest BCUT2D eigenvalue weighted by molar-refractivity contribution is 7.98. The number of nitrogens with one attached hydrogen (secondary N) is 1. The Morgan fingerprint density at radius 3 is 3.12 bits per heavy atom. The summed E-state index contributed by atoms with van der Waals surface area (Å²) in [5.41, 5.74) is 0.754. The van der Waals surface area contributed by atoms with E-state index in [1.54, 1.807) is 12.1 Å². The molecule has 0 aliphatic heterocycles. The van der Waals surface area contributed by atoms with Crippen molar-refractivity contribution in [2.24, 2.45) is 0 Å². The van der Waals surface area contributed by atoms with Crippen LogP contribution < -0.4 is 5.56 Å². The Hall–Kier alpha value is -2.07. The second kappa shape index (κ2) is 4.63. The van der Waals surface area contributed by atoms with E-state index >= 15 is 0 Å². The summed E-state index contributed by atoms with van der Waals surface area (Å²) in [5.74, 6) is 0.499. The van der Waals surface area contributed by atoms with Gasteiger partial charge < -0.3 is 4.98 Å². The lowest BCUT2D eigenvalue weighted by molar-refractivity contribution is 0.298. The second-order valence-electron chi connectivity index (χ2n) is 2.86. The quantitative estimate of drug-likeness (QED) is 0.793. The zero-order chi connectivity index (χ0) is 11.4. The van der Waals surface area contributed by atoms with E-state index in [2.05, 4.69) is 19.9 Å². The van der Waals surface area contributed by atoms with Gasteiger partial charge in [0.15, 0.2) is 5.03 Å². The number of hydrogen-bond donors (Lipinski definition) is 1. The summed E-state index contributed by atoms with van der Waals surface area (Å²) in [6.45, 7) is 0. The monoisotopic (exact) mass is 234 g/mol. The predicted octanol–water partition coefficient (Wildman–Crippen LogP) is 0.922. The molecule has 1 N–H and O–H groups in total. The number of rotatable bonds is 3. The fraction of sp³-hybridized carbons (Fsp3) is 0.111. The minimum atomic E-state index is -0.156. The summed E-state index contributed by atoms with van der Waals surface area (Å²) in [7, 11) is 0. The highest BCUT2D eigenvalue weighted by Gasteiger charge is 2.09. The van der Waals surface area contributed by atoms with Crippen molar-refractivity contribution >= 4 is 11.8 Å². The van der Waals surface area contributed by atoms with E-state index in [9.17, 15) is 4.79 Å². The second-order valence-corrected chi connectivity index (χ2v) is 3.82. The van der Waals surface area contributed by atoms with Crippen LogP contribution in [0.3, 0.4) is 0 Å². The number of nitriles is 1. The van der Waals surface area contributed by atoms with Gasteiger partial charge in [-0.1, -0.05) is 17.8 Å². The number of aromatic nitrogens is 3. The lowest BCUT2D eigenvalue weighted by atomic mass is 10.4. The van der Waals surface area contributed by atoms with Crippen LogP contribution in [-0.4, -0.2) is 15.3 Å². The van der Waals surface area contributed by atoms with Gasteiger partial charge in [0.1, 0.15) is 6.07 Å². The first kappa shape index (κ1) is 10.4. The van der Waals surface area contributed by atoms with Crippen LogP contribution in [-0.2, 0) is 5.75 Å². The molecule has 2 heterocycles. The van der Waals surface area contributed by atoms with Crippen LogP contribution in [0, 0.1) is 11.3 Å². The molecule has 7 heteroatoms. The van der Waals surface area contributed by atoms with Crippen LogP contribution in [0.1, 0.15) is 11.4 Å². The number of hydrogen-bond acceptors (Lipinski definition) is 6. The molecular formula is C9H6N4O2S. The first-order valence-corrected chi connectivity index (χ1v) is 5.32. The molecule has 0 atom stereocenters. The molecule has 0 saturated heterocycles. The molecule has 0 saturated carbocycles. The van der Waals surface area contributed by atoms with E-state index in [0.717, 1.165) is 5.69 Å². The van der Waals surface area contributed by atoms with Crippen molar-refractivity contribution in [3.63, 3.8) is 0 Å². The van der Waals surface area contributed by atoms with Gasteiger partial charge in [-0.05, 0) is 16.4 Å². The van der Waals surface area contributed by atoms with Gasteiger partial charge in [-0.2, -0.15) is 5.26 Å². The highest BCUT2D eigenvalue weighted by Crippen LogP contribution is 2.21. The molecule has 0 aliphatic carbocycles. The summed E-state index contributed by atoms with van der Waals surface area (Å²) in [5, 5.41) is 16.1. The molecule has 2 aromatic rings. The summed E-state index contributed by atoms with van der Waals surface area (Å²) < 4.78 is 4.43. The van der Waals surface area contributed by atoms with E-state index in [1.807, 2.05) is 6.07 Å². The molecule has 0 amide bonds. The Balaban J connectivity index is 2.08. The third-order valence-electron chi connectivity index (χ3n) is 1.76. The zero-order valence-corrected chi connectivity index (χ0v) is 8.82. The number of aromatic amines is 1. The molecule has 80 valence electrons. The Morgan fingerprint density at radius 1 is 1.50 bits per heavy atom. The number of nitrogens with zero attached hydrogens (tertiary/aromatic N) is 3. The van der Waals surface area contributed by atoms with Gasteiger partial charge in [-0.3, -0.25) is 4.79 Å². The highest BCUT2D eigenvalue weighted by atomic mass is 32.2. The molecule has 0 aliphatic rings. The van der Waals surface area contributed by atoms with Crippen molar-refractivity contribution in [1.29, 1.82) is 5.26 Å². The minimum absolute atomic E-state index is 0.156. The maximum atomic E-state index is 11.0. The molecule has 0 radical (unpaired) electrons. The Kier molecular flexibility index (Phi) is 3.03. The van der Waals surface area contributed by atoms with E-state index in [-0.39, 0.29) is 11.3 Å². The van der Waals surface area contributed by atoms with Crippen molar-refractivity contribution in [3.05, 3.63) is 39.9 Å². The van der Waals surface area contributed by atoms with Crippen LogP contribution in [0.15, 0.2) is 32.6 Å². The molecule has 0 bridgehead atoms. The van der Waals surface area contributed by atoms with Gasteiger partial charge in [0.05, 0.1) is 0 Å². The van der Waals surface area contributed by atoms with Gasteiger partial charge in [0.2, 0.25) is 11.3 Å². The Labute approximate surface area is 94.3 Å². The first-order valence-electron chi connectivity index (χ1n) is 4.33. The minimum Gasteiger partial charge on any atom is -0.325 e. The largest absolute Gasteiger partial charge is 0.325 e. The number of pyridine rings is 1. The molecule has 0 aromatic carbocycles. The average molecular weight is 234 g/mol. The third kappa shape index (κ3) is 2.29. The van der Waals surface area contributed by atoms with Gasteiger partial charge in [0, 0.05) is 17.5 Å². The molecule has 2 aromatic heterocycles. The van der Waals surface area contributed by atoms with Crippen molar-refractivity contribution < 1.29 is 4.63 Å². The molecule has 16 heavy (non-hydrogen) atoms. The van der Waals surface area contributed by atoms with Crippen LogP contribution in [0.5, 0.6) is 0 Å². The van der Waals surface area contributed by atoms with E-state index in [4.69, 9.17) is 5.26 Å². The lowest BCUT2D eigenvalue weighted by Crippen LogP contribution is -2.05. The van der Waals surface area contributed by atoms with Crippen LogP contribution in [0.4, 0.5) is 0 Å². The van der Waals surface area contributed by atoms with Gasteiger partial charge in [-0.15, -0.1) is 0 Å². The smallest absolute Gasteiger partial charge is 0.248 e. The number of thioether (sulfide) groups is 1. The summed E-state index contributed by atoms with van der Waals surface area (Å²) in [6, 6.07) is 6.75. The fourth-order valence-electron chi connectivity index (χ4n) is 1.07. The average Bonchev–Trinajstić information content (AvgIpc) is 2.74. The summed E-state index contributed by atoms with van der Waals surface area (Å²) in [6.07, 6.45) is 0. The molecule has 2 rings (SSSR count). The van der Waals surface area contributed by atoms with Crippen molar-refractivity contribution in [2.45, 2.75) is 10.8 Å². The standard InChI is InChI=1S/C9H6N4O2S/c10-4-7-9(13-15-12-7)16-5-6-2-1-3-8(14)11-6/h1-3H,5H2,(H,11,14). The normalized spacial score (nSPS) is 9.94. The van der Waals surface area contributed by atoms with E-state index < -0.39 is 0 Å². The molecule has 6 nitrogen and oxygen atoms in total. The van der Waals surface area contributed by atoms with Crippen molar-refractivity contribution in [2.75, 3.05) is 0 Å². The summed E-state index contributed by atoms with van der Waals surface area (Å²) >= 11 is 1.28. The van der Waals surface area contributed by atoms with E-state index in [0.29, 0.717) is 10.8 Å². The summed E-state index contributed by atoms with van der Waals surface area (Å²) in [4.78, 5) is 13.7. The Morgan fingerprint density at radius 2 is 2.38 bits per heavy atom. The molecule has 0 spiro atoms. The van der Waals surface area contributed by atoms with Crippen molar-refractivity contribution in [1.82, 2.24) is 15.3 Å². The first-order chi connectivity index (χ1) is 7.79. The molecule has 0 fully saturated rings. The molecule has 0 unspecified atom stereocenters. The zero-order valence-electron chi connectivity index (χ0n) is 8.01. The molecular weight excluding hydrogens is 228 g/mol. The van der Waals surface area contributed by atoms with Gasteiger partial charge in [0.25, 0.3) is 0 Å². The fourth-order valence-corrected chi connectivity index (χ4v) is 1.83.